The number of aliphatic hydroxyl groups excluding tert-OH is 1. The Labute approximate surface area is 172 Å². The number of sulfonamides is 1. The molecule has 1 aliphatic rings. The van der Waals surface area contributed by atoms with Crippen LogP contribution in [0, 0.1) is 23.3 Å². The first kappa shape index (κ1) is 23.0. The normalized spacial score (nSPS) is 19.3. The van der Waals surface area contributed by atoms with Gasteiger partial charge in [0, 0.05) is 29.9 Å². The molecule has 0 bridgehead atoms. The number of nitrogens with zero attached hydrogens (tertiary/aromatic N) is 1. The lowest BCUT2D eigenvalue weighted by Crippen LogP contribution is -2.53. The van der Waals surface area contributed by atoms with Crippen LogP contribution in [-0.4, -0.2) is 48.9 Å². The predicted molar refractivity (Wildman–Crippen MR) is 95.0 cm³/mol. The lowest BCUT2D eigenvalue weighted by atomic mass is 10.1. The van der Waals surface area contributed by atoms with Gasteiger partial charge >= 0.3 is 0 Å². The molecule has 2 aromatic carbocycles. The number of amides is 1. The predicted octanol–water partition coefficient (Wildman–Crippen LogP) is 2.89. The summed E-state index contributed by atoms with van der Waals surface area (Å²) in [6.45, 7) is -1.81. The van der Waals surface area contributed by atoms with E-state index in [1.165, 1.54) is 0 Å². The Balaban J connectivity index is 1.90. The molecule has 0 radical (unpaired) electrons. The number of alkyl halides is 2. The van der Waals surface area contributed by atoms with Crippen LogP contribution in [0.25, 0.3) is 0 Å². The van der Waals surface area contributed by atoms with Crippen LogP contribution in [0.2, 0.25) is 0 Å². The van der Waals surface area contributed by atoms with Crippen molar-refractivity contribution < 1.29 is 44.7 Å². The maximum Gasteiger partial charge on any atom is 0.286 e. The number of carbonyl (C=O) groups is 1. The fraction of sp³-hybridized carbons (Fsp3) is 0.278. The molecule has 31 heavy (non-hydrogen) atoms. The summed E-state index contributed by atoms with van der Waals surface area (Å²) in [5, 5.41) is 11.2. The first-order chi connectivity index (χ1) is 14.3. The summed E-state index contributed by atoms with van der Waals surface area (Å²) in [6, 6.07) is 2.71. The van der Waals surface area contributed by atoms with Crippen LogP contribution in [0.4, 0.5) is 32.0 Å². The molecular weight excluding hydrogens is 454 g/mol. The van der Waals surface area contributed by atoms with Gasteiger partial charge in [-0.15, -0.1) is 0 Å². The van der Waals surface area contributed by atoms with E-state index >= 15 is 0 Å². The van der Waals surface area contributed by atoms with Crippen molar-refractivity contribution >= 4 is 21.6 Å². The zero-order chi connectivity index (χ0) is 23.1. The Bertz CT molecular complexity index is 1120. The molecule has 0 saturated carbocycles. The van der Waals surface area contributed by atoms with Crippen LogP contribution in [0.3, 0.4) is 0 Å². The molecule has 0 aromatic heterocycles. The number of aliphatic hydroxyl groups is 1. The minimum atomic E-state index is -4.67. The van der Waals surface area contributed by atoms with Crippen molar-refractivity contribution in [2.75, 3.05) is 18.4 Å². The molecule has 1 fully saturated rings. The number of hydrogen-bond donors (Lipinski definition) is 2. The largest absolute Gasteiger partial charge is 0.387 e. The molecule has 1 unspecified atom stereocenters. The van der Waals surface area contributed by atoms with Crippen molar-refractivity contribution in [2.45, 2.75) is 23.3 Å². The summed E-state index contributed by atoms with van der Waals surface area (Å²) >= 11 is 0. The zero-order valence-corrected chi connectivity index (χ0v) is 16.2. The molecule has 1 atom stereocenters. The van der Waals surface area contributed by atoms with Gasteiger partial charge in [0.1, 0.15) is 11.9 Å². The number of hydrogen-bond acceptors (Lipinski definition) is 4. The molecule has 0 spiro atoms. The minimum absolute atomic E-state index is 0.348. The van der Waals surface area contributed by atoms with Crippen LogP contribution in [0.5, 0.6) is 0 Å². The number of piperidine rings is 1. The maximum atomic E-state index is 14.0. The van der Waals surface area contributed by atoms with E-state index in [-0.39, 0.29) is 0 Å². The number of carbonyl (C=O) groups excluding carboxylic acids is 1. The molecule has 2 aromatic rings. The average molecular weight is 468 g/mol. The van der Waals surface area contributed by atoms with Crippen LogP contribution < -0.4 is 5.32 Å². The SMILES string of the molecule is O=C(Nc1cc(F)c(F)c(F)c1)c1cc(F)cc(S(=O)(=O)N2CCC(O)C(F)(F)C2)c1. The third-order valence-corrected chi connectivity index (χ3v) is 6.36. The Morgan fingerprint density at radius 2 is 1.68 bits per heavy atom. The molecule has 13 heteroatoms. The number of benzene rings is 2. The Hall–Kier alpha value is -2.64. The quantitative estimate of drug-likeness (QED) is 0.534. The second-order valence-electron chi connectivity index (χ2n) is 6.79. The van der Waals surface area contributed by atoms with E-state index < -0.39 is 86.9 Å². The number of nitrogens with one attached hydrogen (secondary N) is 1. The molecule has 168 valence electrons. The maximum absolute atomic E-state index is 14.0. The van der Waals surface area contributed by atoms with Gasteiger partial charge < -0.3 is 10.4 Å². The fourth-order valence-corrected chi connectivity index (χ4v) is 4.45. The van der Waals surface area contributed by atoms with Crippen molar-refractivity contribution in [3.05, 3.63) is 59.2 Å². The highest BCUT2D eigenvalue weighted by molar-refractivity contribution is 7.89. The number of anilines is 1. The van der Waals surface area contributed by atoms with Crippen molar-refractivity contribution in [2.24, 2.45) is 0 Å². The monoisotopic (exact) mass is 468 g/mol. The first-order valence-electron chi connectivity index (χ1n) is 8.64. The summed E-state index contributed by atoms with van der Waals surface area (Å²) in [4.78, 5) is 11.5. The first-order valence-corrected chi connectivity index (χ1v) is 10.1. The fourth-order valence-electron chi connectivity index (χ4n) is 2.92. The van der Waals surface area contributed by atoms with E-state index in [1.807, 2.05) is 5.32 Å². The minimum Gasteiger partial charge on any atom is -0.387 e. The van der Waals surface area contributed by atoms with E-state index in [1.54, 1.807) is 0 Å². The molecule has 1 amide bonds. The van der Waals surface area contributed by atoms with Gasteiger partial charge in [-0.1, -0.05) is 0 Å². The molecule has 3 rings (SSSR count). The molecule has 6 nitrogen and oxygen atoms in total. The van der Waals surface area contributed by atoms with Crippen molar-refractivity contribution in [3.63, 3.8) is 0 Å². The lowest BCUT2D eigenvalue weighted by Gasteiger charge is -2.35. The molecule has 0 aliphatic carbocycles. The summed E-state index contributed by atoms with van der Waals surface area (Å²) in [5.41, 5.74) is -1.13. The van der Waals surface area contributed by atoms with E-state index in [0.29, 0.717) is 34.6 Å². The highest BCUT2D eigenvalue weighted by Gasteiger charge is 2.47. The van der Waals surface area contributed by atoms with E-state index in [2.05, 4.69) is 0 Å². The van der Waals surface area contributed by atoms with E-state index in [0.717, 1.165) is 0 Å². The summed E-state index contributed by atoms with van der Waals surface area (Å²) < 4.78 is 107. The third kappa shape index (κ3) is 4.67. The summed E-state index contributed by atoms with van der Waals surface area (Å²) in [5.74, 6) is -11.1. The van der Waals surface area contributed by atoms with Crippen molar-refractivity contribution in [3.8, 4) is 0 Å². The van der Waals surface area contributed by atoms with Gasteiger partial charge in [-0.05, 0) is 24.6 Å². The Morgan fingerprint density at radius 1 is 1.06 bits per heavy atom. The van der Waals surface area contributed by atoms with Crippen LogP contribution in [0.15, 0.2) is 35.2 Å². The average Bonchev–Trinajstić information content (AvgIpc) is 2.67. The molecule has 1 aliphatic heterocycles. The molecule has 1 heterocycles. The molecule has 1 saturated heterocycles. The van der Waals surface area contributed by atoms with Gasteiger partial charge in [-0.2, -0.15) is 4.31 Å². The number of rotatable bonds is 4. The van der Waals surface area contributed by atoms with Crippen LogP contribution in [0.1, 0.15) is 16.8 Å². The van der Waals surface area contributed by atoms with Gasteiger partial charge in [-0.3, -0.25) is 4.79 Å². The second kappa shape index (κ2) is 8.13. The summed E-state index contributed by atoms with van der Waals surface area (Å²) in [6.07, 6.45) is -2.60. The van der Waals surface area contributed by atoms with Crippen LogP contribution in [-0.2, 0) is 10.0 Å². The van der Waals surface area contributed by atoms with E-state index in [9.17, 15) is 44.7 Å². The number of halogens is 6. The summed E-state index contributed by atoms with van der Waals surface area (Å²) in [7, 11) is -4.67. The zero-order valence-electron chi connectivity index (χ0n) is 15.4. The van der Waals surface area contributed by atoms with Crippen molar-refractivity contribution in [1.29, 1.82) is 0 Å². The second-order valence-corrected chi connectivity index (χ2v) is 8.73. The smallest absolute Gasteiger partial charge is 0.286 e. The third-order valence-electron chi connectivity index (χ3n) is 4.54. The standard InChI is InChI=1S/C18H14F6N2O4S/c19-10-3-9(17(28)25-11-6-13(20)16(22)14(21)7-11)4-12(5-10)31(29,30)26-2-1-15(27)18(23,24)8-26/h3-7,15,27H,1-2,8H2,(H,25,28). The molecule has 2 N–H and O–H groups in total. The Kier molecular flexibility index (Phi) is 6.04. The van der Waals surface area contributed by atoms with Gasteiger partial charge in [0.2, 0.25) is 10.0 Å². The van der Waals surface area contributed by atoms with Gasteiger partial charge in [0.05, 0.1) is 11.4 Å². The lowest BCUT2D eigenvalue weighted by molar-refractivity contribution is -0.136. The van der Waals surface area contributed by atoms with Gasteiger partial charge in [0.15, 0.2) is 17.5 Å². The van der Waals surface area contributed by atoms with Gasteiger partial charge in [0.25, 0.3) is 11.8 Å². The highest BCUT2D eigenvalue weighted by Crippen LogP contribution is 2.31. The Morgan fingerprint density at radius 3 is 2.26 bits per heavy atom. The topological polar surface area (TPSA) is 86.7 Å². The van der Waals surface area contributed by atoms with Crippen molar-refractivity contribution in [1.82, 2.24) is 4.31 Å². The molecular formula is C18H14F6N2O4S. The highest BCUT2D eigenvalue weighted by atomic mass is 32.2. The van der Waals surface area contributed by atoms with Gasteiger partial charge in [-0.25, -0.2) is 34.8 Å². The van der Waals surface area contributed by atoms with Crippen LogP contribution >= 0.6 is 0 Å². The van der Waals surface area contributed by atoms with E-state index in [4.69, 9.17) is 0 Å².